The molecule has 0 aliphatic carbocycles. The molecular weight excluding hydrogens is 270 g/mol. The lowest BCUT2D eigenvalue weighted by atomic mass is 10.1. The van der Waals surface area contributed by atoms with E-state index < -0.39 is 0 Å². The van der Waals surface area contributed by atoms with Crippen molar-refractivity contribution in [2.24, 2.45) is 0 Å². The Bertz CT molecular complexity index is 605. The molecule has 0 atom stereocenters. The molecule has 0 amide bonds. The van der Waals surface area contributed by atoms with Crippen molar-refractivity contribution in [3.63, 3.8) is 0 Å². The third kappa shape index (κ3) is 3.34. The minimum absolute atomic E-state index is 0.604. The van der Waals surface area contributed by atoms with Crippen LogP contribution in [0.25, 0.3) is 5.76 Å². The molecular formula is C17H18ClNO. The monoisotopic (exact) mass is 287 g/mol. The second-order valence-electron chi connectivity index (χ2n) is 4.71. The molecule has 0 radical (unpaired) electrons. The molecule has 0 saturated carbocycles. The zero-order valence-electron chi connectivity index (χ0n) is 11.9. The first-order chi connectivity index (χ1) is 9.59. The minimum Gasteiger partial charge on any atom is -0.453 e. The molecule has 0 heterocycles. The van der Waals surface area contributed by atoms with E-state index in [2.05, 4.69) is 0 Å². The Hall–Kier alpha value is -1.93. The van der Waals surface area contributed by atoms with Crippen molar-refractivity contribution in [1.82, 2.24) is 4.90 Å². The summed E-state index contributed by atoms with van der Waals surface area (Å²) in [4.78, 5) is 2.03. The van der Waals surface area contributed by atoms with E-state index in [1.165, 1.54) is 0 Å². The van der Waals surface area contributed by atoms with Gasteiger partial charge in [0, 0.05) is 19.7 Å². The number of para-hydroxylation sites is 1. The first kappa shape index (κ1) is 14.5. The normalized spacial score (nSPS) is 11.8. The number of nitrogens with zero attached hydrogens (tertiary/aromatic N) is 1. The number of ether oxygens (including phenoxy) is 1. The third-order valence-electron chi connectivity index (χ3n) is 3.08. The van der Waals surface area contributed by atoms with Gasteiger partial charge in [0.25, 0.3) is 0 Å². The number of hydrogen-bond acceptors (Lipinski definition) is 2. The number of hydrogen-bond donors (Lipinski definition) is 0. The Morgan fingerprint density at radius 3 is 2.15 bits per heavy atom. The van der Waals surface area contributed by atoms with E-state index in [0.717, 1.165) is 17.0 Å². The summed E-state index contributed by atoms with van der Waals surface area (Å²) in [5, 5.41) is 0.604. The summed E-state index contributed by atoms with van der Waals surface area (Å²) >= 11 is 6.18. The topological polar surface area (TPSA) is 12.5 Å². The van der Waals surface area contributed by atoms with Crippen molar-refractivity contribution >= 4 is 17.4 Å². The molecule has 2 aromatic carbocycles. The van der Waals surface area contributed by atoms with Gasteiger partial charge in [-0.1, -0.05) is 54.1 Å². The van der Waals surface area contributed by atoms with Gasteiger partial charge in [-0.3, -0.25) is 0 Å². The predicted octanol–water partition coefficient (Wildman–Crippen LogP) is 4.67. The van der Waals surface area contributed by atoms with E-state index in [4.69, 9.17) is 16.3 Å². The largest absolute Gasteiger partial charge is 0.453 e. The number of allylic oxidation sites excluding steroid dienone is 1. The molecule has 0 unspecified atom stereocenters. The predicted molar refractivity (Wildman–Crippen MR) is 84.8 cm³/mol. The zero-order valence-corrected chi connectivity index (χ0v) is 12.7. The van der Waals surface area contributed by atoms with Crippen molar-refractivity contribution in [2.45, 2.75) is 6.92 Å². The van der Waals surface area contributed by atoms with Gasteiger partial charge in [-0.25, -0.2) is 0 Å². The molecule has 0 fully saturated rings. The molecule has 0 aliphatic heterocycles. The number of halogens is 1. The Balaban J connectivity index is 2.44. The van der Waals surface area contributed by atoms with E-state index in [1.807, 2.05) is 80.5 Å². The quantitative estimate of drug-likeness (QED) is 0.758. The van der Waals surface area contributed by atoms with Crippen LogP contribution in [-0.2, 0) is 0 Å². The highest BCUT2D eigenvalue weighted by Gasteiger charge is 2.12. The van der Waals surface area contributed by atoms with Crippen LogP contribution in [0.15, 0.2) is 60.3 Å². The summed E-state index contributed by atoms with van der Waals surface area (Å²) in [5.74, 6) is 1.47. The molecule has 0 aromatic heterocycles. The lowest BCUT2D eigenvalue weighted by molar-refractivity contribution is 0.458. The lowest BCUT2D eigenvalue weighted by Gasteiger charge is -2.20. The van der Waals surface area contributed by atoms with Gasteiger partial charge in [-0.15, -0.1) is 0 Å². The van der Waals surface area contributed by atoms with Crippen LogP contribution >= 0.6 is 11.6 Å². The number of rotatable bonds is 4. The molecule has 104 valence electrons. The van der Waals surface area contributed by atoms with Crippen molar-refractivity contribution in [2.75, 3.05) is 14.1 Å². The van der Waals surface area contributed by atoms with Gasteiger partial charge in [-0.2, -0.15) is 0 Å². The van der Waals surface area contributed by atoms with Crippen molar-refractivity contribution in [3.8, 4) is 5.75 Å². The minimum atomic E-state index is 0.604. The fourth-order valence-corrected chi connectivity index (χ4v) is 1.95. The SMILES string of the molecule is CC(=C(Oc1ccccc1Cl)c1ccccc1)N(C)C. The molecule has 2 nitrogen and oxygen atoms in total. The Morgan fingerprint density at radius 1 is 0.950 bits per heavy atom. The van der Waals surface area contributed by atoms with Gasteiger partial charge < -0.3 is 9.64 Å². The highest BCUT2D eigenvalue weighted by Crippen LogP contribution is 2.30. The lowest BCUT2D eigenvalue weighted by Crippen LogP contribution is -2.13. The van der Waals surface area contributed by atoms with Crippen LogP contribution in [0.4, 0.5) is 0 Å². The van der Waals surface area contributed by atoms with Gasteiger partial charge in [0.1, 0.15) is 5.75 Å². The van der Waals surface area contributed by atoms with Crippen LogP contribution < -0.4 is 4.74 Å². The Morgan fingerprint density at radius 2 is 1.55 bits per heavy atom. The molecule has 2 aromatic rings. The molecule has 0 bridgehead atoms. The fraction of sp³-hybridized carbons (Fsp3) is 0.176. The highest BCUT2D eigenvalue weighted by molar-refractivity contribution is 6.32. The molecule has 2 rings (SSSR count). The summed E-state index contributed by atoms with van der Waals surface area (Å²) in [6, 6.07) is 17.5. The van der Waals surface area contributed by atoms with Crippen LogP contribution in [0.3, 0.4) is 0 Å². The summed E-state index contributed by atoms with van der Waals surface area (Å²) < 4.78 is 6.06. The van der Waals surface area contributed by atoms with Gasteiger partial charge in [-0.05, 0) is 19.1 Å². The van der Waals surface area contributed by atoms with Crippen LogP contribution in [0, 0.1) is 0 Å². The zero-order chi connectivity index (χ0) is 14.5. The maximum Gasteiger partial charge on any atom is 0.153 e. The van der Waals surface area contributed by atoms with E-state index >= 15 is 0 Å². The van der Waals surface area contributed by atoms with Gasteiger partial charge >= 0.3 is 0 Å². The second kappa shape index (κ2) is 6.49. The standard InChI is InChI=1S/C17H18ClNO/c1-13(19(2)3)17(14-9-5-4-6-10-14)20-16-12-8-7-11-15(16)18/h4-12H,1-3H3. The Kier molecular flexibility index (Phi) is 4.70. The van der Waals surface area contributed by atoms with Crippen LogP contribution in [0.5, 0.6) is 5.75 Å². The molecule has 3 heteroatoms. The van der Waals surface area contributed by atoms with Gasteiger partial charge in [0.15, 0.2) is 5.76 Å². The highest BCUT2D eigenvalue weighted by atomic mass is 35.5. The third-order valence-corrected chi connectivity index (χ3v) is 3.40. The summed E-state index contributed by atoms with van der Waals surface area (Å²) in [5.41, 5.74) is 2.06. The average Bonchev–Trinajstić information content (AvgIpc) is 2.46. The van der Waals surface area contributed by atoms with E-state index in [1.54, 1.807) is 0 Å². The molecule has 0 aliphatic rings. The van der Waals surface area contributed by atoms with Crippen LogP contribution in [0.1, 0.15) is 12.5 Å². The molecule has 0 spiro atoms. The van der Waals surface area contributed by atoms with Crippen molar-refractivity contribution < 1.29 is 4.74 Å². The number of benzene rings is 2. The average molecular weight is 288 g/mol. The second-order valence-corrected chi connectivity index (χ2v) is 5.11. The van der Waals surface area contributed by atoms with Crippen LogP contribution in [0.2, 0.25) is 5.02 Å². The van der Waals surface area contributed by atoms with Gasteiger partial charge in [0.2, 0.25) is 0 Å². The summed E-state index contributed by atoms with van der Waals surface area (Å²) in [7, 11) is 3.99. The summed E-state index contributed by atoms with van der Waals surface area (Å²) in [6.07, 6.45) is 0. The summed E-state index contributed by atoms with van der Waals surface area (Å²) in [6.45, 7) is 2.03. The van der Waals surface area contributed by atoms with Crippen molar-refractivity contribution in [3.05, 3.63) is 70.9 Å². The van der Waals surface area contributed by atoms with Crippen LogP contribution in [-0.4, -0.2) is 19.0 Å². The maximum atomic E-state index is 6.18. The fourth-order valence-electron chi connectivity index (χ4n) is 1.77. The molecule has 20 heavy (non-hydrogen) atoms. The molecule has 0 saturated heterocycles. The first-order valence-electron chi connectivity index (χ1n) is 6.45. The van der Waals surface area contributed by atoms with E-state index in [-0.39, 0.29) is 0 Å². The smallest absolute Gasteiger partial charge is 0.153 e. The Labute approximate surface area is 125 Å². The maximum absolute atomic E-state index is 6.18. The molecule has 0 N–H and O–H groups in total. The van der Waals surface area contributed by atoms with E-state index in [0.29, 0.717) is 10.8 Å². The van der Waals surface area contributed by atoms with Crippen molar-refractivity contribution in [1.29, 1.82) is 0 Å². The van der Waals surface area contributed by atoms with E-state index in [9.17, 15) is 0 Å². The first-order valence-corrected chi connectivity index (χ1v) is 6.83. The van der Waals surface area contributed by atoms with Gasteiger partial charge in [0.05, 0.1) is 10.7 Å².